The van der Waals surface area contributed by atoms with Gasteiger partial charge in [0, 0.05) is 5.69 Å². The average Bonchev–Trinajstić information content (AvgIpc) is 2.02. The molecule has 1 heterocycles. The molecule has 0 aliphatic rings. The Morgan fingerprint density at radius 1 is 1.46 bits per heavy atom. The van der Waals surface area contributed by atoms with Crippen LogP contribution in [0.4, 0.5) is 0 Å². The summed E-state index contributed by atoms with van der Waals surface area (Å²) in [5.74, 6) is 0. The fourth-order valence-electron chi connectivity index (χ4n) is 0.898. The van der Waals surface area contributed by atoms with Gasteiger partial charge < -0.3 is 10.2 Å². The number of hydrogen-bond donors (Lipinski definition) is 3. The first kappa shape index (κ1) is 9.53. The fourth-order valence-corrected chi connectivity index (χ4v) is 1.13. The standard InChI is InChI=1S/C6H6ClN3O3/c1-2-3(4(7)10-13)5(11)9-6(12)8-2/h13H,1H3,(H2,8,9,11,12). The minimum atomic E-state index is -0.691. The Bertz CT molecular complexity index is 459. The molecule has 1 aromatic heterocycles. The van der Waals surface area contributed by atoms with Crippen molar-refractivity contribution in [1.29, 1.82) is 0 Å². The van der Waals surface area contributed by atoms with Crippen molar-refractivity contribution in [2.24, 2.45) is 5.16 Å². The summed E-state index contributed by atoms with van der Waals surface area (Å²) in [5.41, 5.74) is -1.13. The maximum absolute atomic E-state index is 11.1. The van der Waals surface area contributed by atoms with Crippen LogP contribution in [0, 0.1) is 6.92 Å². The zero-order valence-corrected chi connectivity index (χ0v) is 7.34. The van der Waals surface area contributed by atoms with E-state index in [0.717, 1.165) is 0 Å². The number of nitrogens with one attached hydrogen (secondary N) is 2. The molecule has 1 aromatic rings. The van der Waals surface area contributed by atoms with Crippen molar-refractivity contribution in [3.63, 3.8) is 0 Å². The predicted molar refractivity (Wildman–Crippen MR) is 46.6 cm³/mol. The number of hydrogen-bond acceptors (Lipinski definition) is 4. The molecular formula is C6H6ClN3O3. The van der Waals surface area contributed by atoms with Crippen molar-refractivity contribution in [3.05, 3.63) is 32.1 Å². The third-order valence-corrected chi connectivity index (χ3v) is 1.69. The highest BCUT2D eigenvalue weighted by atomic mass is 35.5. The van der Waals surface area contributed by atoms with Crippen molar-refractivity contribution >= 4 is 16.8 Å². The minimum absolute atomic E-state index is 0.0521. The average molecular weight is 204 g/mol. The van der Waals surface area contributed by atoms with E-state index in [-0.39, 0.29) is 16.4 Å². The second-order valence-electron chi connectivity index (χ2n) is 2.30. The third-order valence-electron chi connectivity index (χ3n) is 1.42. The first-order valence-electron chi connectivity index (χ1n) is 3.27. The Hall–Kier alpha value is -1.56. The molecule has 0 aliphatic heterocycles. The molecule has 0 fully saturated rings. The Balaban J connectivity index is 3.56. The van der Waals surface area contributed by atoms with Gasteiger partial charge in [-0.25, -0.2) is 4.79 Å². The van der Waals surface area contributed by atoms with Crippen LogP contribution in [0.3, 0.4) is 0 Å². The van der Waals surface area contributed by atoms with Crippen molar-refractivity contribution in [1.82, 2.24) is 9.97 Å². The highest BCUT2D eigenvalue weighted by Gasteiger charge is 2.10. The maximum atomic E-state index is 11.1. The second-order valence-corrected chi connectivity index (χ2v) is 2.66. The minimum Gasteiger partial charge on any atom is -0.410 e. The summed E-state index contributed by atoms with van der Waals surface area (Å²) in [5, 5.41) is 10.6. The summed E-state index contributed by atoms with van der Waals surface area (Å²) in [7, 11) is 0. The first-order valence-corrected chi connectivity index (χ1v) is 3.65. The monoisotopic (exact) mass is 203 g/mol. The molecule has 0 aromatic carbocycles. The number of aromatic amines is 2. The van der Waals surface area contributed by atoms with Crippen molar-refractivity contribution in [3.8, 4) is 0 Å². The van der Waals surface area contributed by atoms with E-state index >= 15 is 0 Å². The van der Waals surface area contributed by atoms with Crippen molar-refractivity contribution in [2.45, 2.75) is 6.92 Å². The van der Waals surface area contributed by atoms with Gasteiger partial charge in [0.05, 0.1) is 5.56 Å². The summed E-state index contributed by atoms with van der Waals surface area (Å²) < 4.78 is 0. The second kappa shape index (κ2) is 3.44. The normalized spacial score (nSPS) is 11.7. The van der Waals surface area contributed by atoms with Crippen LogP contribution in [0.5, 0.6) is 0 Å². The highest BCUT2D eigenvalue weighted by Crippen LogP contribution is 2.00. The lowest BCUT2D eigenvalue weighted by atomic mass is 10.2. The van der Waals surface area contributed by atoms with Gasteiger partial charge >= 0.3 is 5.69 Å². The van der Waals surface area contributed by atoms with Gasteiger partial charge in [0.15, 0.2) is 5.17 Å². The lowest BCUT2D eigenvalue weighted by Gasteiger charge is -1.98. The van der Waals surface area contributed by atoms with Crippen molar-refractivity contribution in [2.75, 3.05) is 0 Å². The van der Waals surface area contributed by atoms with Crippen LogP contribution in [0.1, 0.15) is 11.3 Å². The van der Waals surface area contributed by atoms with Gasteiger partial charge in [-0.2, -0.15) is 0 Å². The van der Waals surface area contributed by atoms with E-state index in [1.54, 1.807) is 0 Å². The molecule has 13 heavy (non-hydrogen) atoms. The fraction of sp³-hybridized carbons (Fsp3) is 0.167. The number of oxime groups is 1. The first-order chi connectivity index (χ1) is 6.06. The van der Waals surface area contributed by atoms with E-state index in [0.29, 0.717) is 0 Å². The molecular weight excluding hydrogens is 198 g/mol. The lowest BCUT2D eigenvalue weighted by molar-refractivity contribution is 0.320. The molecule has 0 spiro atoms. The summed E-state index contributed by atoms with van der Waals surface area (Å²) in [4.78, 5) is 26.1. The van der Waals surface area contributed by atoms with E-state index in [1.807, 2.05) is 4.98 Å². The molecule has 0 bridgehead atoms. The Kier molecular flexibility index (Phi) is 2.52. The predicted octanol–water partition coefficient (Wildman–Crippen LogP) is -0.254. The number of nitrogens with zero attached hydrogens (tertiary/aromatic N) is 1. The van der Waals surface area contributed by atoms with Crippen LogP contribution < -0.4 is 11.2 Å². The molecule has 70 valence electrons. The van der Waals surface area contributed by atoms with Gasteiger partial charge in [-0.1, -0.05) is 16.8 Å². The third kappa shape index (κ3) is 1.78. The summed E-state index contributed by atoms with van der Waals surface area (Å²) in [6.07, 6.45) is 0. The maximum Gasteiger partial charge on any atom is 0.325 e. The quantitative estimate of drug-likeness (QED) is 0.333. The molecule has 6 nitrogen and oxygen atoms in total. The number of rotatable bonds is 1. The number of aromatic nitrogens is 2. The number of aryl methyl sites for hydroxylation is 1. The van der Waals surface area contributed by atoms with E-state index < -0.39 is 11.2 Å². The van der Waals surface area contributed by atoms with E-state index in [2.05, 4.69) is 10.1 Å². The van der Waals surface area contributed by atoms with Gasteiger partial charge in [0.2, 0.25) is 0 Å². The molecule has 0 atom stereocenters. The molecule has 1 rings (SSSR count). The smallest absolute Gasteiger partial charge is 0.325 e. The summed E-state index contributed by atoms with van der Waals surface area (Å²) >= 11 is 5.41. The van der Waals surface area contributed by atoms with Gasteiger partial charge in [-0.15, -0.1) is 0 Å². The van der Waals surface area contributed by atoms with Crippen LogP contribution >= 0.6 is 11.6 Å². The van der Waals surface area contributed by atoms with Crippen LogP contribution in [-0.4, -0.2) is 20.3 Å². The Morgan fingerprint density at radius 2 is 2.08 bits per heavy atom. The van der Waals surface area contributed by atoms with E-state index in [1.165, 1.54) is 6.92 Å². The Labute approximate surface area is 76.9 Å². The Morgan fingerprint density at radius 3 is 2.54 bits per heavy atom. The number of halogens is 1. The van der Waals surface area contributed by atoms with Crippen LogP contribution in [0.2, 0.25) is 0 Å². The molecule has 0 saturated carbocycles. The van der Waals surface area contributed by atoms with E-state index in [9.17, 15) is 9.59 Å². The lowest BCUT2D eigenvalue weighted by Crippen LogP contribution is -2.28. The summed E-state index contributed by atoms with van der Waals surface area (Å²) in [6, 6.07) is 0. The zero-order chi connectivity index (χ0) is 10.0. The SMILES string of the molecule is Cc1[nH]c(=O)[nH]c(=O)c1C(Cl)=NO. The number of H-pyrrole nitrogens is 2. The van der Waals surface area contributed by atoms with Crippen LogP contribution in [-0.2, 0) is 0 Å². The van der Waals surface area contributed by atoms with Crippen LogP contribution in [0.25, 0.3) is 0 Å². The molecule has 0 radical (unpaired) electrons. The molecule has 0 amide bonds. The molecule has 0 aliphatic carbocycles. The van der Waals surface area contributed by atoms with Gasteiger partial charge in [-0.3, -0.25) is 9.78 Å². The van der Waals surface area contributed by atoms with Crippen molar-refractivity contribution < 1.29 is 5.21 Å². The largest absolute Gasteiger partial charge is 0.410 e. The highest BCUT2D eigenvalue weighted by molar-refractivity contribution is 6.69. The molecule has 7 heteroatoms. The molecule has 3 N–H and O–H groups in total. The van der Waals surface area contributed by atoms with Crippen LogP contribution in [0.15, 0.2) is 14.7 Å². The van der Waals surface area contributed by atoms with Gasteiger partial charge in [-0.05, 0) is 6.92 Å². The van der Waals surface area contributed by atoms with Gasteiger partial charge in [0.1, 0.15) is 0 Å². The zero-order valence-electron chi connectivity index (χ0n) is 6.59. The topological polar surface area (TPSA) is 98.3 Å². The molecule has 0 saturated heterocycles. The van der Waals surface area contributed by atoms with Gasteiger partial charge in [0.25, 0.3) is 5.56 Å². The summed E-state index contributed by atoms with van der Waals surface area (Å²) in [6.45, 7) is 1.47. The van der Waals surface area contributed by atoms with E-state index in [4.69, 9.17) is 16.8 Å². The molecule has 0 unspecified atom stereocenters.